The topological polar surface area (TPSA) is 43.6 Å². The minimum atomic E-state index is -0.0582. The number of hydrogen-bond acceptors (Lipinski definition) is 4. The number of methoxy groups -OCH3 is 2. The maximum Gasteiger partial charge on any atom is 0.169 e. The minimum Gasteiger partial charge on any atom is -0.497 e. The summed E-state index contributed by atoms with van der Waals surface area (Å²) in [5, 5.41) is 3.49. The number of nitrogens with one attached hydrogen (secondary N) is 1. The van der Waals surface area contributed by atoms with Crippen LogP contribution in [-0.4, -0.2) is 20.8 Å². The highest BCUT2D eigenvalue weighted by atomic mass is 79.9. The Kier molecular flexibility index (Phi) is 5.70. The van der Waals surface area contributed by atoms with Crippen LogP contribution in [0.5, 0.6) is 11.5 Å². The summed E-state index contributed by atoms with van der Waals surface area (Å²) < 4.78 is 17.2. The highest BCUT2D eigenvalue weighted by Crippen LogP contribution is 2.34. The van der Waals surface area contributed by atoms with Crippen LogP contribution < -0.4 is 14.8 Å². The quantitative estimate of drug-likeness (QED) is 0.811. The summed E-state index contributed by atoms with van der Waals surface area (Å²) in [6.45, 7) is 3.02. The fourth-order valence-electron chi connectivity index (χ4n) is 2.19. The van der Waals surface area contributed by atoms with Gasteiger partial charge in [-0.25, -0.2) is 0 Å². The third-order valence-corrected chi connectivity index (χ3v) is 3.65. The first-order valence-corrected chi connectivity index (χ1v) is 7.69. The Hall–Kier alpha value is -1.46. The molecule has 1 atom stereocenters. The van der Waals surface area contributed by atoms with Crippen molar-refractivity contribution < 1.29 is 13.9 Å². The molecule has 0 fully saturated rings. The van der Waals surface area contributed by atoms with Crippen LogP contribution in [0.4, 0.5) is 0 Å². The van der Waals surface area contributed by atoms with E-state index in [0.717, 1.165) is 35.8 Å². The largest absolute Gasteiger partial charge is 0.497 e. The lowest BCUT2D eigenvalue weighted by atomic mass is 10.0. The predicted molar refractivity (Wildman–Crippen MR) is 86.1 cm³/mol. The van der Waals surface area contributed by atoms with E-state index in [2.05, 4.69) is 28.2 Å². The van der Waals surface area contributed by atoms with Crippen LogP contribution in [-0.2, 0) is 0 Å². The first-order valence-electron chi connectivity index (χ1n) is 6.90. The molecule has 21 heavy (non-hydrogen) atoms. The molecule has 0 bridgehead atoms. The molecular weight excluding hydrogens is 334 g/mol. The summed E-state index contributed by atoms with van der Waals surface area (Å²) >= 11 is 3.35. The SMILES string of the molecule is CCCNC(c1ccc(Br)o1)c1ccc(OC)cc1OC. The van der Waals surface area contributed by atoms with E-state index in [9.17, 15) is 0 Å². The summed E-state index contributed by atoms with van der Waals surface area (Å²) in [6, 6.07) is 9.61. The molecule has 114 valence electrons. The van der Waals surface area contributed by atoms with Crippen molar-refractivity contribution in [1.29, 1.82) is 0 Å². The molecule has 0 aliphatic carbocycles. The van der Waals surface area contributed by atoms with Crippen molar-refractivity contribution in [3.05, 3.63) is 46.3 Å². The Morgan fingerprint density at radius 3 is 2.57 bits per heavy atom. The molecule has 0 saturated carbocycles. The van der Waals surface area contributed by atoms with E-state index in [4.69, 9.17) is 13.9 Å². The zero-order valence-corrected chi connectivity index (χ0v) is 14.1. The maximum atomic E-state index is 5.72. The molecule has 2 rings (SSSR count). The number of ether oxygens (including phenoxy) is 2. The van der Waals surface area contributed by atoms with Crippen LogP contribution >= 0.6 is 15.9 Å². The lowest BCUT2D eigenvalue weighted by Gasteiger charge is -2.20. The molecule has 1 heterocycles. The van der Waals surface area contributed by atoms with Gasteiger partial charge < -0.3 is 19.2 Å². The Balaban J connectivity index is 2.40. The average molecular weight is 354 g/mol. The van der Waals surface area contributed by atoms with Gasteiger partial charge in [0, 0.05) is 11.6 Å². The van der Waals surface area contributed by atoms with E-state index >= 15 is 0 Å². The van der Waals surface area contributed by atoms with Gasteiger partial charge in [0.15, 0.2) is 4.67 Å². The summed E-state index contributed by atoms with van der Waals surface area (Å²) in [4.78, 5) is 0. The first kappa shape index (κ1) is 15.9. The maximum absolute atomic E-state index is 5.72. The van der Waals surface area contributed by atoms with Crippen LogP contribution in [0.15, 0.2) is 39.4 Å². The lowest BCUT2D eigenvalue weighted by Crippen LogP contribution is -2.23. The Labute approximate surface area is 133 Å². The Morgan fingerprint density at radius 1 is 1.19 bits per heavy atom. The number of hydrogen-bond donors (Lipinski definition) is 1. The molecule has 1 unspecified atom stereocenters. The molecule has 0 saturated heterocycles. The highest BCUT2D eigenvalue weighted by molar-refractivity contribution is 9.10. The van der Waals surface area contributed by atoms with E-state index in [-0.39, 0.29) is 6.04 Å². The van der Waals surface area contributed by atoms with Gasteiger partial charge in [0.25, 0.3) is 0 Å². The minimum absolute atomic E-state index is 0.0582. The molecule has 1 aromatic heterocycles. The molecule has 0 aliphatic heterocycles. The summed E-state index contributed by atoms with van der Waals surface area (Å²) in [7, 11) is 3.30. The number of furan rings is 1. The fraction of sp³-hybridized carbons (Fsp3) is 0.375. The summed E-state index contributed by atoms with van der Waals surface area (Å²) in [5.74, 6) is 2.39. The fourth-order valence-corrected chi connectivity index (χ4v) is 2.51. The second kappa shape index (κ2) is 7.52. The van der Waals surface area contributed by atoms with Gasteiger partial charge in [0.2, 0.25) is 0 Å². The number of halogens is 1. The third-order valence-electron chi connectivity index (χ3n) is 3.23. The van der Waals surface area contributed by atoms with E-state index in [1.54, 1.807) is 14.2 Å². The van der Waals surface area contributed by atoms with Gasteiger partial charge in [0.05, 0.1) is 20.3 Å². The van der Waals surface area contributed by atoms with Crippen molar-refractivity contribution in [3.8, 4) is 11.5 Å². The molecule has 2 aromatic rings. The van der Waals surface area contributed by atoms with E-state index in [0.29, 0.717) is 4.67 Å². The average Bonchev–Trinajstić information content (AvgIpc) is 2.94. The predicted octanol–water partition coefficient (Wildman–Crippen LogP) is 4.15. The zero-order chi connectivity index (χ0) is 15.2. The van der Waals surface area contributed by atoms with Crippen molar-refractivity contribution in [3.63, 3.8) is 0 Å². The molecule has 0 amide bonds. The summed E-state index contributed by atoms with van der Waals surface area (Å²) in [5.41, 5.74) is 1.02. The lowest BCUT2D eigenvalue weighted by molar-refractivity contribution is 0.378. The first-order chi connectivity index (χ1) is 10.2. The van der Waals surface area contributed by atoms with E-state index in [1.165, 1.54) is 0 Å². The standard InChI is InChI=1S/C16H20BrNO3/c1-4-9-18-16(13-7-8-15(17)21-13)12-6-5-11(19-2)10-14(12)20-3/h5-8,10,16,18H,4,9H2,1-3H3. The van der Waals surface area contributed by atoms with Crippen LogP contribution in [0.1, 0.15) is 30.7 Å². The highest BCUT2D eigenvalue weighted by Gasteiger charge is 2.21. The van der Waals surface area contributed by atoms with E-state index in [1.807, 2.05) is 30.3 Å². The molecule has 1 aromatic carbocycles. The van der Waals surface area contributed by atoms with Crippen molar-refractivity contribution in [2.75, 3.05) is 20.8 Å². The van der Waals surface area contributed by atoms with Crippen LogP contribution in [0.2, 0.25) is 0 Å². The van der Waals surface area contributed by atoms with Crippen LogP contribution in [0, 0.1) is 0 Å². The van der Waals surface area contributed by atoms with Gasteiger partial charge in [-0.3, -0.25) is 0 Å². The molecule has 0 radical (unpaired) electrons. The van der Waals surface area contributed by atoms with Crippen LogP contribution in [0.25, 0.3) is 0 Å². The zero-order valence-electron chi connectivity index (χ0n) is 12.5. The van der Waals surface area contributed by atoms with Gasteiger partial charge in [-0.1, -0.05) is 6.92 Å². The van der Waals surface area contributed by atoms with E-state index < -0.39 is 0 Å². The number of benzene rings is 1. The smallest absolute Gasteiger partial charge is 0.169 e. The van der Waals surface area contributed by atoms with Crippen molar-refractivity contribution in [2.45, 2.75) is 19.4 Å². The molecule has 4 nitrogen and oxygen atoms in total. The van der Waals surface area contributed by atoms with Gasteiger partial charge in [-0.2, -0.15) is 0 Å². The van der Waals surface area contributed by atoms with Gasteiger partial charge in [0.1, 0.15) is 17.3 Å². The van der Waals surface area contributed by atoms with Crippen LogP contribution in [0.3, 0.4) is 0 Å². The molecule has 0 aliphatic rings. The summed E-state index contributed by atoms with van der Waals surface area (Å²) in [6.07, 6.45) is 1.04. The second-order valence-corrected chi connectivity index (χ2v) is 5.42. The van der Waals surface area contributed by atoms with Gasteiger partial charge in [-0.05, 0) is 53.2 Å². The molecular formula is C16H20BrNO3. The Bertz CT molecular complexity index is 583. The van der Waals surface area contributed by atoms with Crippen molar-refractivity contribution in [2.24, 2.45) is 0 Å². The monoisotopic (exact) mass is 353 g/mol. The Morgan fingerprint density at radius 2 is 2.00 bits per heavy atom. The van der Waals surface area contributed by atoms with Crippen molar-refractivity contribution in [1.82, 2.24) is 5.32 Å². The van der Waals surface area contributed by atoms with Gasteiger partial charge >= 0.3 is 0 Å². The number of rotatable bonds is 7. The molecule has 1 N–H and O–H groups in total. The van der Waals surface area contributed by atoms with Crippen molar-refractivity contribution >= 4 is 15.9 Å². The molecule has 0 spiro atoms. The molecule has 5 heteroatoms. The second-order valence-electron chi connectivity index (χ2n) is 4.64. The third kappa shape index (κ3) is 3.80. The normalized spacial score (nSPS) is 12.2. The van der Waals surface area contributed by atoms with Gasteiger partial charge in [-0.15, -0.1) is 0 Å².